The fourth-order valence-electron chi connectivity index (χ4n) is 1.62. The van der Waals surface area contributed by atoms with Crippen molar-refractivity contribution in [1.82, 2.24) is 10.3 Å². The Balaban J connectivity index is 2.11. The number of pyridine rings is 1. The van der Waals surface area contributed by atoms with Gasteiger partial charge >= 0.3 is 0 Å². The number of aromatic nitrogens is 1. The van der Waals surface area contributed by atoms with E-state index in [1.807, 2.05) is 25.1 Å². The van der Waals surface area contributed by atoms with Crippen LogP contribution in [0.25, 0.3) is 0 Å². The minimum absolute atomic E-state index is 0.178. The largest absolute Gasteiger partial charge is 0.344 e. The second-order valence-electron chi connectivity index (χ2n) is 4.08. The van der Waals surface area contributed by atoms with Gasteiger partial charge < -0.3 is 5.32 Å². The summed E-state index contributed by atoms with van der Waals surface area (Å²) in [7, 11) is 0. The van der Waals surface area contributed by atoms with Crippen LogP contribution < -0.4 is 5.32 Å². The molecule has 5 heteroatoms. The molecule has 2 rings (SSSR count). The van der Waals surface area contributed by atoms with E-state index in [1.165, 1.54) is 0 Å². The van der Waals surface area contributed by atoms with Crippen molar-refractivity contribution in [3.63, 3.8) is 0 Å². The van der Waals surface area contributed by atoms with Gasteiger partial charge in [-0.15, -0.1) is 0 Å². The maximum Gasteiger partial charge on any atom is 0.251 e. The molecule has 1 N–H and O–H groups in total. The van der Waals surface area contributed by atoms with Crippen LogP contribution >= 0.6 is 23.2 Å². The van der Waals surface area contributed by atoms with Crippen LogP contribution in [-0.2, 0) is 0 Å². The molecule has 19 heavy (non-hydrogen) atoms. The number of hydrogen-bond acceptors (Lipinski definition) is 2. The topological polar surface area (TPSA) is 42.0 Å². The molecular weight excluding hydrogens is 283 g/mol. The van der Waals surface area contributed by atoms with Gasteiger partial charge in [0.1, 0.15) is 0 Å². The van der Waals surface area contributed by atoms with Crippen molar-refractivity contribution >= 4 is 29.1 Å². The zero-order valence-electron chi connectivity index (χ0n) is 10.2. The van der Waals surface area contributed by atoms with Crippen molar-refractivity contribution in [3.8, 4) is 0 Å². The Labute approximate surface area is 121 Å². The van der Waals surface area contributed by atoms with Gasteiger partial charge in [0.2, 0.25) is 0 Å². The molecule has 0 saturated carbocycles. The van der Waals surface area contributed by atoms with Crippen molar-refractivity contribution in [1.29, 1.82) is 0 Å². The Kier molecular flexibility index (Phi) is 4.40. The maximum absolute atomic E-state index is 12.1. The third kappa shape index (κ3) is 3.46. The SMILES string of the molecule is CC(NC(=O)c1ccc(Cl)c(Cl)c1)c1ccccn1. The fourth-order valence-corrected chi connectivity index (χ4v) is 1.92. The summed E-state index contributed by atoms with van der Waals surface area (Å²) in [6.45, 7) is 1.87. The summed E-state index contributed by atoms with van der Waals surface area (Å²) < 4.78 is 0. The van der Waals surface area contributed by atoms with E-state index in [1.54, 1.807) is 24.4 Å². The lowest BCUT2D eigenvalue weighted by Gasteiger charge is -2.13. The number of rotatable bonds is 3. The monoisotopic (exact) mass is 294 g/mol. The first-order valence-electron chi connectivity index (χ1n) is 5.75. The Morgan fingerprint density at radius 3 is 2.63 bits per heavy atom. The van der Waals surface area contributed by atoms with Gasteiger partial charge in [0, 0.05) is 11.8 Å². The maximum atomic E-state index is 12.1. The predicted molar refractivity (Wildman–Crippen MR) is 76.6 cm³/mol. The van der Waals surface area contributed by atoms with E-state index in [9.17, 15) is 4.79 Å². The Morgan fingerprint density at radius 2 is 2.00 bits per heavy atom. The lowest BCUT2D eigenvalue weighted by molar-refractivity contribution is 0.0939. The molecule has 3 nitrogen and oxygen atoms in total. The second kappa shape index (κ2) is 6.04. The average Bonchev–Trinajstić information content (AvgIpc) is 2.42. The van der Waals surface area contributed by atoms with Gasteiger partial charge in [-0.1, -0.05) is 29.3 Å². The number of nitrogens with one attached hydrogen (secondary N) is 1. The summed E-state index contributed by atoms with van der Waals surface area (Å²) in [6, 6.07) is 10.2. The van der Waals surface area contributed by atoms with Crippen LogP contribution in [-0.4, -0.2) is 10.9 Å². The molecule has 0 radical (unpaired) electrons. The molecule has 0 aliphatic carbocycles. The summed E-state index contributed by atoms with van der Waals surface area (Å²) in [4.78, 5) is 16.2. The Bertz CT molecular complexity index is 587. The molecule has 0 bridgehead atoms. The van der Waals surface area contributed by atoms with E-state index in [2.05, 4.69) is 10.3 Å². The molecule has 0 fully saturated rings. The summed E-state index contributed by atoms with van der Waals surface area (Å²) in [6.07, 6.45) is 1.69. The van der Waals surface area contributed by atoms with E-state index >= 15 is 0 Å². The molecule has 98 valence electrons. The third-order valence-electron chi connectivity index (χ3n) is 2.66. The highest BCUT2D eigenvalue weighted by molar-refractivity contribution is 6.42. The lowest BCUT2D eigenvalue weighted by Crippen LogP contribution is -2.27. The van der Waals surface area contributed by atoms with E-state index in [-0.39, 0.29) is 11.9 Å². The predicted octanol–water partition coefficient (Wildman–Crippen LogP) is 3.88. The van der Waals surface area contributed by atoms with Crippen LogP contribution in [0.3, 0.4) is 0 Å². The molecule has 0 aliphatic rings. The van der Waals surface area contributed by atoms with Crippen LogP contribution in [0, 0.1) is 0 Å². The lowest BCUT2D eigenvalue weighted by atomic mass is 10.1. The average molecular weight is 295 g/mol. The van der Waals surface area contributed by atoms with Crippen LogP contribution in [0.4, 0.5) is 0 Å². The van der Waals surface area contributed by atoms with Crippen LogP contribution in [0.15, 0.2) is 42.6 Å². The molecular formula is C14H12Cl2N2O. The van der Waals surface area contributed by atoms with Gasteiger partial charge in [-0.2, -0.15) is 0 Å². The summed E-state index contributed by atoms with van der Waals surface area (Å²) in [5, 5.41) is 3.64. The smallest absolute Gasteiger partial charge is 0.251 e. The standard InChI is InChI=1S/C14H12Cl2N2O/c1-9(13-4-2-3-7-17-13)18-14(19)10-5-6-11(15)12(16)8-10/h2-9H,1H3,(H,18,19). The Morgan fingerprint density at radius 1 is 1.21 bits per heavy atom. The first-order valence-corrected chi connectivity index (χ1v) is 6.50. The van der Waals surface area contributed by atoms with Gasteiger partial charge in [-0.05, 0) is 37.3 Å². The Hall–Kier alpha value is -1.58. The molecule has 0 aliphatic heterocycles. The van der Waals surface area contributed by atoms with Crippen LogP contribution in [0.2, 0.25) is 10.0 Å². The van der Waals surface area contributed by atoms with E-state index in [0.717, 1.165) is 5.69 Å². The molecule has 0 spiro atoms. The second-order valence-corrected chi connectivity index (χ2v) is 4.89. The van der Waals surface area contributed by atoms with Crippen molar-refractivity contribution in [2.75, 3.05) is 0 Å². The molecule has 2 aromatic rings. The zero-order chi connectivity index (χ0) is 13.8. The minimum Gasteiger partial charge on any atom is -0.344 e. The molecule has 1 aromatic carbocycles. The van der Waals surface area contributed by atoms with Gasteiger partial charge in [-0.3, -0.25) is 9.78 Å². The van der Waals surface area contributed by atoms with E-state index in [4.69, 9.17) is 23.2 Å². The summed E-state index contributed by atoms with van der Waals surface area (Å²) in [5.74, 6) is -0.211. The molecule has 1 unspecified atom stereocenters. The number of carbonyl (C=O) groups excluding carboxylic acids is 1. The van der Waals surface area contributed by atoms with Crippen molar-refractivity contribution in [3.05, 3.63) is 63.9 Å². The number of carbonyl (C=O) groups is 1. The first-order chi connectivity index (χ1) is 9.08. The number of amides is 1. The molecule has 1 amide bonds. The van der Waals surface area contributed by atoms with Crippen molar-refractivity contribution in [2.45, 2.75) is 13.0 Å². The molecule has 1 heterocycles. The van der Waals surface area contributed by atoms with Crippen molar-refractivity contribution in [2.24, 2.45) is 0 Å². The number of benzene rings is 1. The van der Waals surface area contributed by atoms with Gasteiger partial charge in [0.15, 0.2) is 0 Å². The van der Waals surface area contributed by atoms with Gasteiger partial charge in [0.05, 0.1) is 21.8 Å². The normalized spacial score (nSPS) is 11.9. The summed E-state index contributed by atoms with van der Waals surface area (Å²) in [5.41, 5.74) is 1.27. The minimum atomic E-state index is -0.211. The molecule has 1 aromatic heterocycles. The highest BCUT2D eigenvalue weighted by atomic mass is 35.5. The molecule has 0 saturated heterocycles. The van der Waals surface area contributed by atoms with Crippen LogP contribution in [0.1, 0.15) is 29.0 Å². The number of hydrogen-bond donors (Lipinski definition) is 1. The highest BCUT2D eigenvalue weighted by Gasteiger charge is 2.13. The van der Waals surface area contributed by atoms with Crippen LogP contribution in [0.5, 0.6) is 0 Å². The van der Waals surface area contributed by atoms with Gasteiger partial charge in [0.25, 0.3) is 5.91 Å². The van der Waals surface area contributed by atoms with E-state index in [0.29, 0.717) is 15.6 Å². The molecule has 1 atom stereocenters. The zero-order valence-corrected chi connectivity index (χ0v) is 11.7. The summed E-state index contributed by atoms with van der Waals surface area (Å²) >= 11 is 11.7. The third-order valence-corrected chi connectivity index (χ3v) is 3.40. The first kappa shape index (κ1) is 13.8. The quantitative estimate of drug-likeness (QED) is 0.933. The van der Waals surface area contributed by atoms with E-state index < -0.39 is 0 Å². The number of nitrogens with zero attached hydrogens (tertiary/aromatic N) is 1. The number of halogens is 2. The highest BCUT2D eigenvalue weighted by Crippen LogP contribution is 2.22. The van der Waals surface area contributed by atoms with Crippen molar-refractivity contribution < 1.29 is 4.79 Å². The van der Waals surface area contributed by atoms with Gasteiger partial charge in [-0.25, -0.2) is 0 Å². The fraction of sp³-hybridized carbons (Fsp3) is 0.143.